The van der Waals surface area contributed by atoms with Crippen molar-refractivity contribution in [2.24, 2.45) is 5.92 Å². The average Bonchev–Trinajstić information content (AvgIpc) is 2.95. The second-order valence-electron chi connectivity index (χ2n) is 5.47. The van der Waals surface area contributed by atoms with Crippen molar-refractivity contribution in [3.63, 3.8) is 0 Å². The number of alkyl halides is 1. The van der Waals surface area contributed by atoms with Crippen molar-refractivity contribution in [2.75, 3.05) is 16.8 Å². The lowest BCUT2D eigenvalue weighted by molar-refractivity contribution is -0.117. The molecule has 1 heterocycles. The molecule has 3 rings (SSSR count). The molecule has 0 radical (unpaired) electrons. The van der Waals surface area contributed by atoms with E-state index in [1.807, 2.05) is 59.5 Å². The summed E-state index contributed by atoms with van der Waals surface area (Å²) < 4.78 is 5.95. The van der Waals surface area contributed by atoms with Crippen molar-refractivity contribution in [3.05, 3.63) is 60.2 Å². The molecule has 114 valence electrons. The SMILES string of the molecule is O=C1CC(CBr)CN1c1ccccc1OCc1ccccc1. The number of ether oxygens (including phenoxy) is 1. The van der Waals surface area contributed by atoms with Gasteiger partial charge in [-0.15, -0.1) is 0 Å². The topological polar surface area (TPSA) is 29.5 Å². The third kappa shape index (κ3) is 3.33. The van der Waals surface area contributed by atoms with Gasteiger partial charge in [0.25, 0.3) is 0 Å². The van der Waals surface area contributed by atoms with Gasteiger partial charge < -0.3 is 9.64 Å². The average molecular weight is 360 g/mol. The molecule has 2 aromatic carbocycles. The van der Waals surface area contributed by atoms with Crippen LogP contribution in [0.5, 0.6) is 5.75 Å². The van der Waals surface area contributed by atoms with Crippen LogP contribution in [-0.4, -0.2) is 17.8 Å². The van der Waals surface area contributed by atoms with Crippen LogP contribution in [0.1, 0.15) is 12.0 Å². The number of hydrogen-bond donors (Lipinski definition) is 0. The van der Waals surface area contributed by atoms with Crippen LogP contribution < -0.4 is 9.64 Å². The maximum absolute atomic E-state index is 12.2. The molecule has 1 aliphatic rings. The highest BCUT2D eigenvalue weighted by atomic mass is 79.9. The van der Waals surface area contributed by atoms with Gasteiger partial charge in [-0.3, -0.25) is 4.79 Å². The number of halogens is 1. The second-order valence-corrected chi connectivity index (χ2v) is 6.12. The van der Waals surface area contributed by atoms with Crippen LogP contribution in [0.15, 0.2) is 54.6 Å². The van der Waals surface area contributed by atoms with Crippen LogP contribution in [0.25, 0.3) is 0 Å². The number of hydrogen-bond acceptors (Lipinski definition) is 2. The first-order valence-electron chi connectivity index (χ1n) is 7.40. The molecule has 0 N–H and O–H groups in total. The van der Waals surface area contributed by atoms with E-state index in [9.17, 15) is 4.79 Å². The summed E-state index contributed by atoms with van der Waals surface area (Å²) in [6, 6.07) is 17.8. The third-order valence-corrected chi connectivity index (χ3v) is 4.73. The minimum absolute atomic E-state index is 0.167. The molecule has 22 heavy (non-hydrogen) atoms. The number of carbonyl (C=O) groups excluding carboxylic acids is 1. The minimum Gasteiger partial charge on any atom is -0.487 e. The Hall–Kier alpha value is -1.81. The molecule has 2 aromatic rings. The molecule has 0 spiro atoms. The van der Waals surface area contributed by atoms with Crippen molar-refractivity contribution >= 4 is 27.5 Å². The number of amides is 1. The quantitative estimate of drug-likeness (QED) is 0.754. The summed E-state index contributed by atoms with van der Waals surface area (Å²) in [6.07, 6.45) is 0.596. The number of nitrogens with zero attached hydrogens (tertiary/aromatic N) is 1. The van der Waals surface area contributed by atoms with Gasteiger partial charge in [0.15, 0.2) is 0 Å². The first-order chi connectivity index (χ1) is 10.8. The molecule has 0 bridgehead atoms. The second kappa shape index (κ2) is 6.97. The van der Waals surface area contributed by atoms with Gasteiger partial charge in [0, 0.05) is 18.3 Å². The van der Waals surface area contributed by atoms with E-state index in [1.165, 1.54) is 0 Å². The number of para-hydroxylation sites is 2. The summed E-state index contributed by atoms with van der Waals surface area (Å²) in [6.45, 7) is 1.25. The van der Waals surface area contributed by atoms with Crippen LogP contribution in [0.4, 0.5) is 5.69 Å². The smallest absolute Gasteiger partial charge is 0.227 e. The van der Waals surface area contributed by atoms with E-state index < -0.39 is 0 Å². The van der Waals surface area contributed by atoms with Crippen molar-refractivity contribution < 1.29 is 9.53 Å². The predicted molar refractivity (Wildman–Crippen MR) is 91.5 cm³/mol. The largest absolute Gasteiger partial charge is 0.487 e. The lowest BCUT2D eigenvalue weighted by Gasteiger charge is -2.20. The Morgan fingerprint density at radius 1 is 1.09 bits per heavy atom. The summed E-state index contributed by atoms with van der Waals surface area (Å²) in [7, 11) is 0. The van der Waals surface area contributed by atoms with Crippen molar-refractivity contribution in [3.8, 4) is 5.75 Å². The Morgan fingerprint density at radius 3 is 2.55 bits per heavy atom. The number of rotatable bonds is 5. The Balaban J connectivity index is 1.77. The monoisotopic (exact) mass is 359 g/mol. The van der Waals surface area contributed by atoms with Gasteiger partial charge in [-0.25, -0.2) is 0 Å². The van der Waals surface area contributed by atoms with Crippen molar-refractivity contribution in [2.45, 2.75) is 13.0 Å². The van der Waals surface area contributed by atoms with Gasteiger partial charge in [0.05, 0.1) is 5.69 Å². The highest BCUT2D eigenvalue weighted by molar-refractivity contribution is 9.09. The highest BCUT2D eigenvalue weighted by Crippen LogP contribution is 2.33. The van der Waals surface area contributed by atoms with Crippen molar-refractivity contribution in [1.29, 1.82) is 0 Å². The van der Waals surface area contributed by atoms with Gasteiger partial charge >= 0.3 is 0 Å². The van der Waals surface area contributed by atoms with E-state index in [2.05, 4.69) is 15.9 Å². The first kappa shape index (κ1) is 15.1. The predicted octanol–water partition coefficient (Wildman–Crippen LogP) is 4.01. The molecule has 0 saturated carbocycles. The summed E-state index contributed by atoms with van der Waals surface area (Å²) in [5.74, 6) is 1.30. The summed E-state index contributed by atoms with van der Waals surface area (Å²) >= 11 is 3.47. The standard InChI is InChI=1S/C18H18BrNO2/c19-11-15-10-18(21)20(12-15)16-8-4-5-9-17(16)22-13-14-6-2-1-3-7-14/h1-9,15H,10-13H2. The van der Waals surface area contributed by atoms with Gasteiger partial charge in [0.1, 0.15) is 12.4 Å². The molecule has 1 fully saturated rings. The summed E-state index contributed by atoms with van der Waals surface area (Å²) in [4.78, 5) is 14.1. The fourth-order valence-electron chi connectivity index (χ4n) is 2.66. The molecular formula is C18H18BrNO2. The molecule has 1 aliphatic heterocycles. The third-order valence-electron chi connectivity index (χ3n) is 3.82. The lowest BCUT2D eigenvalue weighted by atomic mass is 10.2. The van der Waals surface area contributed by atoms with Crippen molar-refractivity contribution in [1.82, 2.24) is 0 Å². The van der Waals surface area contributed by atoms with Gasteiger partial charge in [-0.05, 0) is 23.6 Å². The van der Waals surface area contributed by atoms with Gasteiger partial charge in [0.2, 0.25) is 5.91 Å². The summed E-state index contributed by atoms with van der Waals surface area (Å²) in [5, 5.41) is 0.849. The van der Waals surface area contributed by atoms with E-state index >= 15 is 0 Å². The van der Waals surface area contributed by atoms with Crippen LogP contribution in [0, 0.1) is 5.92 Å². The fourth-order valence-corrected chi connectivity index (χ4v) is 3.09. The molecule has 1 unspecified atom stereocenters. The van der Waals surface area contributed by atoms with Gasteiger partial charge in [-0.1, -0.05) is 58.4 Å². The maximum atomic E-state index is 12.2. The Morgan fingerprint density at radius 2 is 1.82 bits per heavy atom. The zero-order valence-corrected chi connectivity index (χ0v) is 13.8. The fraction of sp³-hybridized carbons (Fsp3) is 0.278. The molecule has 0 aromatic heterocycles. The molecule has 4 heteroatoms. The number of anilines is 1. The lowest BCUT2D eigenvalue weighted by Crippen LogP contribution is -2.25. The minimum atomic E-state index is 0.167. The van der Waals surface area contributed by atoms with E-state index in [0.717, 1.165) is 28.9 Å². The van der Waals surface area contributed by atoms with E-state index in [1.54, 1.807) is 0 Å². The highest BCUT2D eigenvalue weighted by Gasteiger charge is 2.31. The normalized spacial score (nSPS) is 17.8. The van der Waals surface area contributed by atoms with Gasteiger partial charge in [-0.2, -0.15) is 0 Å². The molecule has 3 nitrogen and oxygen atoms in total. The molecular weight excluding hydrogens is 342 g/mol. The molecule has 0 aliphatic carbocycles. The number of benzene rings is 2. The Bertz CT molecular complexity index is 645. The van der Waals surface area contributed by atoms with Crippen LogP contribution in [0.2, 0.25) is 0 Å². The van der Waals surface area contributed by atoms with Crippen LogP contribution in [-0.2, 0) is 11.4 Å². The zero-order chi connectivity index (χ0) is 15.4. The van der Waals surface area contributed by atoms with Crippen LogP contribution >= 0.6 is 15.9 Å². The Kier molecular flexibility index (Phi) is 4.78. The molecule has 1 saturated heterocycles. The number of carbonyl (C=O) groups is 1. The first-order valence-corrected chi connectivity index (χ1v) is 8.52. The molecule has 1 amide bonds. The summed E-state index contributed by atoms with van der Waals surface area (Å²) in [5.41, 5.74) is 1.98. The van der Waals surface area contributed by atoms with Crippen LogP contribution in [0.3, 0.4) is 0 Å². The van der Waals surface area contributed by atoms with E-state index in [0.29, 0.717) is 18.9 Å². The van der Waals surface area contributed by atoms with E-state index in [-0.39, 0.29) is 5.91 Å². The maximum Gasteiger partial charge on any atom is 0.227 e. The zero-order valence-electron chi connectivity index (χ0n) is 12.2. The van der Waals surface area contributed by atoms with E-state index in [4.69, 9.17) is 4.74 Å². The molecule has 1 atom stereocenters. The Labute approximate surface area is 139 Å².